The topological polar surface area (TPSA) is 79.8 Å². The van der Waals surface area contributed by atoms with E-state index < -0.39 is 15.7 Å². The summed E-state index contributed by atoms with van der Waals surface area (Å²) in [5, 5.41) is 5.94. The standard InChI is InChI=1S/C20H25F2N3O3S.HI/c1-3-23-20(25-14-15(2)28-17-10-8-16(21)9-11-17)24-12-13-29(26,27)19-7-5-4-6-18(19)22;/h4-11,15H,3,12-14H2,1-2H3,(H2,23,24,25);1H. The molecule has 10 heteroatoms. The maximum Gasteiger partial charge on any atom is 0.191 e. The van der Waals surface area contributed by atoms with E-state index in [9.17, 15) is 17.2 Å². The Bertz CT molecular complexity index is 925. The highest BCUT2D eigenvalue weighted by atomic mass is 127. The molecule has 6 nitrogen and oxygen atoms in total. The minimum Gasteiger partial charge on any atom is -0.489 e. The van der Waals surface area contributed by atoms with Crippen molar-refractivity contribution in [3.05, 3.63) is 60.2 Å². The molecule has 2 rings (SSSR count). The van der Waals surface area contributed by atoms with Crippen molar-refractivity contribution in [2.24, 2.45) is 4.99 Å². The fourth-order valence-corrected chi connectivity index (χ4v) is 3.70. The van der Waals surface area contributed by atoms with Crippen molar-refractivity contribution in [2.45, 2.75) is 24.8 Å². The van der Waals surface area contributed by atoms with Crippen LogP contribution < -0.4 is 15.4 Å². The van der Waals surface area contributed by atoms with Gasteiger partial charge >= 0.3 is 0 Å². The lowest BCUT2D eigenvalue weighted by Gasteiger charge is -2.15. The van der Waals surface area contributed by atoms with Gasteiger partial charge in [-0.2, -0.15) is 0 Å². The van der Waals surface area contributed by atoms with Crippen LogP contribution in [0.4, 0.5) is 8.78 Å². The lowest BCUT2D eigenvalue weighted by molar-refractivity contribution is 0.230. The average molecular weight is 553 g/mol. The first kappa shape index (κ1) is 26.1. The van der Waals surface area contributed by atoms with Gasteiger partial charge in [0.25, 0.3) is 0 Å². The summed E-state index contributed by atoms with van der Waals surface area (Å²) >= 11 is 0. The molecule has 0 saturated carbocycles. The fraction of sp³-hybridized carbons (Fsp3) is 0.350. The molecule has 0 aliphatic rings. The van der Waals surface area contributed by atoms with E-state index in [1.807, 2.05) is 13.8 Å². The van der Waals surface area contributed by atoms with E-state index in [0.29, 0.717) is 24.8 Å². The largest absolute Gasteiger partial charge is 0.489 e. The molecule has 2 aromatic carbocycles. The van der Waals surface area contributed by atoms with Crippen molar-refractivity contribution in [3.63, 3.8) is 0 Å². The van der Waals surface area contributed by atoms with Crippen molar-refractivity contribution in [1.29, 1.82) is 0 Å². The van der Waals surface area contributed by atoms with Gasteiger partial charge in [-0.25, -0.2) is 22.2 Å². The minimum absolute atomic E-state index is 0. The van der Waals surface area contributed by atoms with Crippen LogP contribution in [0.15, 0.2) is 58.4 Å². The van der Waals surface area contributed by atoms with Gasteiger partial charge in [0.15, 0.2) is 15.8 Å². The molecule has 0 aliphatic heterocycles. The highest BCUT2D eigenvalue weighted by molar-refractivity contribution is 14.0. The van der Waals surface area contributed by atoms with Gasteiger partial charge in [0.05, 0.1) is 12.3 Å². The fourth-order valence-electron chi connectivity index (χ4n) is 2.46. The summed E-state index contributed by atoms with van der Waals surface area (Å²) in [6.07, 6.45) is -0.280. The zero-order valence-corrected chi connectivity index (χ0v) is 19.9. The highest BCUT2D eigenvalue weighted by Crippen LogP contribution is 2.15. The molecule has 166 valence electrons. The number of guanidine groups is 1. The Labute approximate surface area is 193 Å². The summed E-state index contributed by atoms with van der Waals surface area (Å²) < 4.78 is 56.9. The highest BCUT2D eigenvalue weighted by Gasteiger charge is 2.18. The molecule has 0 amide bonds. The maximum absolute atomic E-state index is 13.7. The van der Waals surface area contributed by atoms with Gasteiger partial charge < -0.3 is 15.4 Å². The van der Waals surface area contributed by atoms with Crippen LogP contribution in [0.3, 0.4) is 0 Å². The number of benzene rings is 2. The third kappa shape index (κ3) is 8.42. The van der Waals surface area contributed by atoms with Crippen molar-refractivity contribution in [1.82, 2.24) is 10.6 Å². The van der Waals surface area contributed by atoms with Crippen LogP contribution in [0, 0.1) is 11.6 Å². The molecule has 0 spiro atoms. The van der Waals surface area contributed by atoms with Crippen molar-refractivity contribution in [3.8, 4) is 5.75 Å². The van der Waals surface area contributed by atoms with E-state index in [0.717, 1.165) is 6.07 Å². The number of aliphatic imine (C=N–C) groups is 1. The molecule has 0 saturated heterocycles. The lowest BCUT2D eigenvalue weighted by atomic mass is 10.3. The SMILES string of the molecule is CCNC(=NCC(C)Oc1ccc(F)cc1)NCCS(=O)(=O)c1ccccc1F.I. The monoisotopic (exact) mass is 553 g/mol. The summed E-state index contributed by atoms with van der Waals surface area (Å²) in [5.74, 6) is -0.430. The number of nitrogens with zero attached hydrogens (tertiary/aromatic N) is 1. The predicted molar refractivity (Wildman–Crippen MR) is 124 cm³/mol. The van der Waals surface area contributed by atoms with E-state index in [4.69, 9.17) is 4.74 Å². The molecule has 0 heterocycles. The number of hydrogen-bond acceptors (Lipinski definition) is 4. The van der Waals surface area contributed by atoms with Gasteiger partial charge in [-0.1, -0.05) is 12.1 Å². The van der Waals surface area contributed by atoms with Gasteiger partial charge in [-0.05, 0) is 50.2 Å². The zero-order valence-electron chi connectivity index (χ0n) is 16.8. The van der Waals surface area contributed by atoms with Crippen LogP contribution in [0.2, 0.25) is 0 Å². The van der Waals surface area contributed by atoms with Gasteiger partial charge in [0, 0.05) is 13.1 Å². The molecule has 30 heavy (non-hydrogen) atoms. The van der Waals surface area contributed by atoms with Crippen LogP contribution >= 0.6 is 24.0 Å². The molecule has 1 unspecified atom stereocenters. The third-order valence-corrected chi connectivity index (χ3v) is 5.58. The first-order valence-corrected chi connectivity index (χ1v) is 10.9. The van der Waals surface area contributed by atoms with Crippen molar-refractivity contribution >= 4 is 39.8 Å². The normalized spacial score (nSPS) is 12.6. The smallest absolute Gasteiger partial charge is 0.191 e. The van der Waals surface area contributed by atoms with Gasteiger partial charge in [0.2, 0.25) is 0 Å². The molecule has 0 bridgehead atoms. The Morgan fingerprint density at radius 2 is 1.77 bits per heavy atom. The quantitative estimate of drug-likeness (QED) is 0.283. The van der Waals surface area contributed by atoms with Gasteiger partial charge in [-0.3, -0.25) is 0 Å². The van der Waals surface area contributed by atoms with E-state index in [1.54, 1.807) is 0 Å². The first-order chi connectivity index (χ1) is 13.8. The number of hydrogen-bond donors (Lipinski definition) is 2. The summed E-state index contributed by atoms with van der Waals surface area (Å²) in [5.41, 5.74) is 0. The first-order valence-electron chi connectivity index (χ1n) is 9.23. The Hall–Kier alpha value is -1.95. The van der Waals surface area contributed by atoms with E-state index >= 15 is 0 Å². The number of sulfone groups is 1. The van der Waals surface area contributed by atoms with E-state index in [2.05, 4.69) is 15.6 Å². The van der Waals surface area contributed by atoms with Gasteiger partial charge in [0.1, 0.15) is 28.4 Å². The summed E-state index contributed by atoms with van der Waals surface area (Å²) in [7, 11) is -3.75. The van der Waals surface area contributed by atoms with Crippen LogP contribution in [-0.4, -0.2) is 45.9 Å². The summed E-state index contributed by atoms with van der Waals surface area (Å²) in [4.78, 5) is 4.05. The van der Waals surface area contributed by atoms with E-state index in [-0.39, 0.29) is 53.1 Å². The molecule has 0 radical (unpaired) electrons. The van der Waals surface area contributed by atoms with Crippen LogP contribution in [-0.2, 0) is 9.84 Å². The molecule has 0 fully saturated rings. The lowest BCUT2D eigenvalue weighted by Crippen LogP contribution is -2.40. The summed E-state index contributed by atoms with van der Waals surface area (Å²) in [6.45, 7) is 4.65. The van der Waals surface area contributed by atoms with Crippen LogP contribution in [0.1, 0.15) is 13.8 Å². The molecule has 2 aromatic rings. The Kier molecular flexibility index (Phi) is 11.0. The molecule has 0 aromatic heterocycles. The molecular formula is C20H26F2IN3O3S. The second kappa shape index (κ2) is 12.7. The number of halogens is 3. The number of rotatable bonds is 9. The molecular weight excluding hydrogens is 527 g/mol. The molecule has 2 N–H and O–H groups in total. The third-order valence-electron chi connectivity index (χ3n) is 3.84. The number of nitrogens with one attached hydrogen (secondary N) is 2. The molecule has 1 atom stereocenters. The number of ether oxygens (including phenoxy) is 1. The predicted octanol–water partition coefficient (Wildman–Crippen LogP) is 3.38. The second-order valence-electron chi connectivity index (χ2n) is 6.28. The van der Waals surface area contributed by atoms with Crippen molar-refractivity contribution in [2.75, 3.05) is 25.4 Å². The maximum atomic E-state index is 13.7. The minimum atomic E-state index is -3.75. The Balaban J connectivity index is 0.00000450. The van der Waals surface area contributed by atoms with Crippen molar-refractivity contribution < 1.29 is 21.9 Å². The summed E-state index contributed by atoms with van der Waals surface area (Å²) in [6, 6.07) is 11.0. The Morgan fingerprint density at radius 1 is 1.10 bits per heavy atom. The Morgan fingerprint density at radius 3 is 2.40 bits per heavy atom. The van der Waals surface area contributed by atoms with Crippen LogP contribution in [0.5, 0.6) is 5.75 Å². The van der Waals surface area contributed by atoms with E-state index in [1.165, 1.54) is 42.5 Å². The average Bonchev–Trinajstić information content (AvgIpc) is 2.68. The zero-order chi connectivity index (χ0) is 21.3. The molecule has 0 aliphatic carbocycles. The van der Waals surface area contributed by atoms with Crippen LogP contribution in [0.25, 0.3) is 0 Å². The van der Waals surface area contributed by atoms with Gasteiger partial charge in [-0.15, -0.1) is 24.0 Å². The second-order valence-corrected chi connectivity index (χ2v) is 8.36.